The number of rotatable bonds is 5. The van der Waals surface area contributed by atoms with E-state index in [1.807, 2.05) is 20.8 Å². The second-order valence-corrected chi connectivity index (χ2v) is 4.92. The topological polar surface area (TPSA) is 68.5 Å². The maximum absolute atomic E-state index is 11.5. The van der Waals surface area contributed by atoms with Crippen LogP contribution >= 0.6 is 0 Å². The van der Waals surface area contributed by atoms with Crippen LogP contribution in [0.1, 0.15) is 44.2 Å². The van der Waals surface area contributed by atoms with E-state index < -0.39 is 5.60 Å². The van der Waals surface area contributed by atoms with E-state index in [0.29, 0.717) is 13.0 Å². The van der Waals surface area contributed by atoms with E-state index >= 15 is 0 Å². The highest BCUT2D eigenvalue weighted by molar-refractivity contribution is 5.91. The molecule has 1 rings (SSSR count). The van der Waals surface area contributed by atoms with Gasteiger partial charge in [0, 0.05) is 13.0 Å². The summed E-state index contributed by atoms with van der Waals surface area (Å²) in [5, 5.41) is 2.66. The number of carbonyl (C=O) groups is 2. The summed E-state index contributed by atoms with van der Waals surface area (Å²) >= 11 is 0. The Labute approximate surface area is 106 Å². The van der Waals surface area contributed by atoms with Crippen LogP contribution in [0.2, 0.25) is 0 Å². The maximum Gasteiger partial charge on any atom is 0.306 e. The normalized spacial score (nSPS) is 11.1. The quantitative estimate of drug-likeness (QED) is 0.644. The van der Waals surface area contributed by atoms with Crippen molar-refractivity contribution >= 4 is 11.9 Å². The summed E-state index contributed by atoms with van der Waals surface area (Å²) in [6.07, 6.45) is 2.27. The molecule has 18 heavy (non-hydrogen) atoms. The van der Waals surface area contributed by atoms with Gasteiger partial charge < -0.3 is 14.5 Å². The van der Waals surface area contributed by atoms with Crippen LogP contribution in [-0.4, -0.2) is 24.0 Å². The third-order valence-electron chi connectivity index (χ3n) is 2.01. The van der Waals surface area contributed by atoms with Crippen molar-refractivity contribution in [2.75, 3.05) is 6.54 Å². The molecule has 0 atom stereocenters. The van der Waals surface area contributed by atoms with E-state index in [2.05, 4.69) is 5.32 Å². The average Bonchev–Trinajstić information content (AvgIpc) is 2.74. The van der Waals surface area contributed by atoms with Gasteiger partial charge in [0.05, 0.1) is 6.26 Å². The van der Waals surface area contributed by atoms with Gasteiger partial charge in [0.2, 0.25) is 0 Å². The van der Waals surface area contributed by atoms with E-state index in [1.165, 1.54) is 6.26 Å². The molecule has 1 aromatic heterocycles. The number of nitrogens with one attached hydrogen (secondary N) is 1. The Kier molecular flexibility index (Phi) is 4.95. The first-order valence-corrected chi connectivity index (χ1v) is 5.92. The molecule has 0 aliphatic rings. The molecule has 1 amide bonds. The van der Waals surface area contributed by atoms with Gasteiger partial charge in [0.1, 0.15) is 5.60 Å². The van der Waals surface area contributed by atoms with Gasteiger partial charge in [-0.1, -0.05) is 0 Å². The van der Waals surface area contributed by atoms with Crippen LogP contribution in [0.3, 0.4) is 0 Å². The van der Waals surface area contributed by atoms with E-state index in [1.54, 1.807) is 12.1 Å². The predicted molar refractivity (Wildman–Crippen MR) is 66.1 cm³/mol. The van der Waals surface area contributed by atoms with Crippen LogP contribution in [0.4, 0.5) is 0 Å². The van der Waals surface area contributed by atoms with Crippen LogP contribution in [0, 0.1) is 0 Å². The molecule has 0 bridgehead atoms. The molecule has 0 saturated carbocycles. The smallest absolute Gasteiger partial charge is 0.306 e. The second kappa shape index (κ2) is 6.23. The van der Waals surface area contributed by atoms with Crippen LogP contribution in [0.25, 0.3) is 0 Å². The van der Waals surface area contributed by atoms with Gasteiger partial charge in [-0.15, -0.1) is 0 Å². The number of esters is 1. The van der Waals surface area contributed by atoms with Crippen LogP contribution in [-0.2, 0) is 9.53 Å². The molecule has 0 fully saturated rings. The van der Waals surface area contributed by atoms with Gasteiger partial charge in [-0.2, -0.15) is 0 Å². The minimum atomic E-state index is -0.464. The van der Waals surface area contributed by atoms with Crippen molar-refractivity contribution in [1.29, 1.82) is 0 Å². The molecule has 0 spiro atoms. The Bertz CT molecular complexity index is 390. The fourth-order valence-electron chi connectivity index (χ4n) is 1.32. The van der Waals surface area contributed by atoms with Gasteiger partial charge in [0.25, 0.3) is 5.91 Å². The molecule has 100 valence electrons. The summed E-state index contributed by atoms with van der Waals surface area (Å²) in [5.41, 5.74) is -0.464. The maximum atomic E-state index is 11.5. The van der Waals surface area contributed by atoms with E-state index in [9.17, 15) is 9.59 Å². The lowest BCUT2D eigenvalue weighted by atomic mass is 10.2. The summed E-state index contributed by atoms with van der Waals surface area (Å²) in [7, 11) is 0. The lowest BCUT2D eigenvalue weighted by Gasteiger charge is -2.19. The first-order chi connectivity index (χ1) is 8.38. The number of hydrogen-bond acceptors (Lipinski definition) is 4. The summed E-state index contributed by atoms with van der Waals surface area (Å²) in [4.78, 5) is 22.8. The van der Waals surface area contributed by atoms with Crippen LogP contribution in [0.5, 0.6) is 0 Å². The number of hydrogen-bond donors (Lipinski definition) is 1. The van der Waals surface area contributed by atoms with Gasteiger partial charge >= 0.3 is 5.97 Å². The van der Waals surface area contributed by atoms with Crippen molar-refractivity contribution < 1.29 is 18.7 Å². The highest BCUT2D eigenvalue weighted by atomic mass is 16.6. The zero-order valence-corrected chi connectivity index (χ0v) is 11.0. The largest absolute Gasteiger partial charge is 0.460 e. The zero-order valence-electron chi connectivity index (χ0n) is 11.0. The van der Waals surface area contributed by atoms with Crippen molar-refractivity contribution in [3.05, 3.63) is 24.2 Å². The molecule has 5 nitrogen and oxygen atoms in total. The van der Waals surface area contributed by atoms with E-state index in [-0.39, 0.29) is 24.1 Å². The first kappa shape index (κ1) is 14.3. The molecule has 0 aliphatic carbocycles. The Hall–Kier alpha value is -1.78. The molecule has 1 aromatic rings. The summed E-state index contributed by atoms with van der Waals surface area (Å²) in [5.74, 6) is -0.258. The number of amides is 1. The summed E-state index contributed by atoms with van der Waals surface area (Å²) in [6.45, 7) is 5.88. The molecule has 5 heteroatoms. The van der Waals surface area contributed by atoms with Gasteiger partial charge in [-0.25, -0.2) is 0 Å². The molecular weight excluding hydrogens is 234 g/mol. The number of furan rings is 1. The molecule has 0 aliphatic heterocycles. The van der Waals surface area contributed by atoms with Crippen molar-refractivity contribution in [1.82, 2.24) is 5.32 Å². The SMILES string of the molecule is CC(C)(C)OC(=O)CCCNC(=O)c1ccco1. The standard InChI is InChI=1S/C13H19NO4/c1-13(2,3)18-11(15)7-4-8-14-12(16)10-6-5-9-17-10/h5-6,9H,4,7-8H2,1-3H3,(H,14,16). The third-order valence-corrected chi connectivity index (χ3v) is 2.01. The molecule has 0 saturated heterocycles. The van der Waals surface area contributed by atoms with Crippen LogP contribution < -0.4 is 5.32 Å². The second-order valence-electron chi connectivity index (χ2n) is 4.92. The van der Waals surface area contributed by atoms with E-state index in [4.69, 9.17) is 9.15 Å². The van der Waals surface area contributed by atoms with Gasteiger partial charge in [0.15, 0.2) is 5.76 Å². The minimum Gasteiger partial charge on any atom is -0.460 e. The average molecular weight is 253 g/mol. The summed E-state index contributed by atoms with van der Waals surface area (Å²) in [6, 6.07) is 3.23. The minimum absolute atomic E-state index is 0.255. The lowest BCUT2D eigenvalue weighted by molar-refractivity contribution is -0.154. The van der Waals surface area contributed by atoms with Crippen LogP contribution in [0.15, 0.2) is 22.8 Å². The van der Waals surface area contributed by atoms with Crippen molar-refractivity contribution in [2.45, 2.75) is 39.2 Å². The zero-order chi connectivity index (χ0) is 13.6. The highest BCUT2D eigenvalue weighted by Gasteiger charge is 2.15. The Morgan fingerprint density at radius 2 is 2.11 bits per heavy atom. The first-order valence-electron chi connectivity index (χ1n) is 5.92. The van der Waals surface area contributed by atoms with Crippen molar-refractivity contribution in [3.8, 4) is 0 Å². The molecule has 1 heterocycles. The molecular formula is C13H19NO4. The van der Waals surface area contributed by atoms with Crippen molar-refractivity contribution in [3.63, 3.8) is 0 Å². The predicted octanol–water partition coefficient (Wildman–Crippen LogP) is 2.13. The molecule has 0 radical (unpaired) electrons. The Morgan fingerprint density at radius 3 is 2.67 bits per heavy atom. The Balaban J connectivity index is 2.16. The highest BCUT2D eigenvalue weighted by Crippen LogP contribution is 2.08. The number of carbonyl (C=O) groups excluding carboxylic acids is 2. The third kappa shape index (κ3) is 5.52. The van der Waals surface area contributed by atoms with E-state index in [0.717, 1.165) is 0 Å². The fourth-order valence-corrected chi connectivity index (χ4v) is 1.32. The molecule has 0 unspecified atom stereocenters. The van der Waals surface area contributed by atoms with Crippen molar-refractivity contribution in [2.24, 2.45) is 0 Å². The fraction of sp³-hybridized carbons (Fsp3) is 0.538. The number of ether oxygens (including phenoxy) is 1. The Morgan fingerprint density at radius 1 is 1.39 bits per heavy atom. The molecule has 1 N–H and O–H groups in total. The summed E-state index contributed by atoms with van der Waals surface area (Å²) < 4.78 is 10.1. The van der Waals surface area contributed by atoms with Gasteiger partial charge in [-0.05, 0) is 39.3 Å². The molecule has 0 aromatic carbocycles. The monoisotopic (exact) mass is 253 g/mol. The van der Waals surface area contributed by atoms with Gasteiger partial charge in [-0.3, -0.25) is 9.59 Å². The lowest BCUT2D eigenvalue weighted by Crippen LogP contribution is -2.26.